The molecule has 1 saturated heterocycles. The minimum absolute atomic E-state index is 0.0432. The van der Waals surface area contributed by atoms with Crippen molar-refractivity contribution >= 4 is 33.5 Å². The Balaban J connectivity index is 2.04. The molecule has 0 radical (unpaired) electrons. The van der Waals surface area contributed by atoms with Gasteiger partial charge >= 0.3 is 5.97 Å². The lowest BCUT2D eigenvalue weighted by Crippen LogP contribution is -2.50. The Morgan fingerprint density at radius 3 is 2.41 bits per heavy atom. The van der Waals surface area contributed by atoms with Crippen LogP contribution < -0.4 is 10.0 Å². The average molecular weight is 397 g/mol. The van der Waals surface area contributed by atoms with E-state index in [0.29, 0.717) is 25.1 Å². The molecular weight excluding hydrogens is 374 g/mol. The molecule has 1 aliphatic heterocycles. The number of hydrogen-bond donors (Lipinski definition) is 3. The summed E-state index contributed by atoms with van der Waals surface area (Å²) < 4.78 is 27.3. The van der Waals surface area contributed by atoms with Gasteiger partial charge < -0.3 is 15.3 Å². The molecule has 0 aliphatic carbocycles. The van der Waals surface area contributed by atoms with Gasteiger partial charge in [-0.2, -0.15) is 4.72 Å². The summed E-state index contributed by atoms with van der Waals surface area (Å²) in [6, 6.07) is 4.52. The van der Waals surface area contributed by atoms with Crippen LogP contribution in [0.5, 0.6) is 0 Å². The highest BCUT2D eigenvalue weighted by atomic mass is 32.2. The largest absolute Gasteiger partial charge is 0.481 e. The number of carboxylic acids is 1. The van der Waals surface area contributed by atoms with E-state index in [0.717, 1.165) is 0 Å². The number of aliphatic carboxylic acids is 1. The van der Waals surface area contributed by atoms with Crippen molar-refractivity contribution in [3.8, 4) is 0 Å². The molecule has 10 heteroatoms. The number of piperidine rings is 1. The second-order valence-corrected chi connectivity index (χ2v) is 8.22. The molecule has 0 bridgehead atoms. The van der Waals surface area contributed by atoms with Crippen LogP contribution in [0.4, 0.5) is 5.69 Å². The zero-order valence-electron chi connectivity index (χ0n) is 15.1. The topological polar surface area (TPSA) is 133 Å². The number of rotatable bonds is 6. The number of amides is 2. The van der Waals surface area contributed by atoms with Gasteiger partial charge in [0.2, 0.25) is 21.8 Å². The number of nitrogens with one attached hydrogen (secondary N) is 2. The summed E-state index contributed by atoms with van der Waals surface area (Å²) in [7, 11) is -3.94. The SMILES string of the molecule is CC(=O)Nc1ccc(S(=O)(=O)NC(C)C(=O)N2CCCC(C(=O)O)C2)cc1. The van der Waals surface area contributed by atoms with Gasteiger partial charge in [0.15, 0.2) is 0 Å². The first-order valence-electron chi connectivity index (χ1n) is 8.51. The Morgan fingerprint density at radius 2 is 1.85 bits per heavy atom. The van der Waals surface area contributed by atoms with Crippen molar-refractivity contribution in [2.24, 2.45) is 5.92 Å². The van der Waals surface area contributed by atoms with Crippen LogP contribution in [-0.4, -0.2) is 55.3 Å². The molecule has 9 nitrogen and oxygen atoms in total. The number of hydrogen-bond acceptors (Lipinski definition) is 5. The quantitative estimate of drug-likeness (QED) is 0.645. The standard InChI is InChI=1S/C17H23N3O6S/c1-11(16(22)20-9-3-4-13(10-20)17(23)24)19-27(25,26)15-7-5-14(6-8-15)18-12(2)21/h5-8,11,13,19H,3-4,9-10H2,1-2H3,(H,18,21)(H,23,24). The average Bonchev–Trinajstić information content (AvgIpc) is 2.60. The third kappa shape index (κ3) is 5.51. The third-order valence-electron chi connectivity index (χ3n) is 4.27. The Hall–Kier alpha value is -2.46. The number of carbonyl (C=O) groups excluding carboxylic acids is 2. The van der Waals surface area contributed by atoms with Crippen molar-refractivity contribution in [3.63, 3.8) is 0 Å². The first-order chi connectivity index (χ1) is 12.6. The summed E-state index contributed by atoms with van der Waals surface area (Å²) in [6.07, 6.45) is 1.06. The molecule has 1 aromatic carbocycles. The Kier molecular flexibility index (Phi) is 6.55. The molecule has 148 valence electrons. The Morgan fingerprint density at radius 1 is 1.22 bits per heavy atom. The number of sulfonamides is 1. The zero-order valence-corrected chi connectivity index (χ0v) is 16.0. The molecule has 3 N–H and O–H groups in total. The number of nitrogens with zero attached hydrogens (tertiary/aromatic N) is 1. The summed E-state index contributed by atoms with van der Waals surface area (Å²) >= 11 is 0. The molecule has 0 spiro atoms. The van der Waals surface area contributed by atoms with Crippen LogP contribution in [0.25, 0.3) is 0 Å². The first-order valence-corrected chi connectivity index (χ1v) is 10.00. The lowest BCUT2D eigenvalue weighted by Gasteiger charge is -2.32. The van der Waals surface area contributed by atoms with E-state index in [9.17, 15) is 22.8 Å². The maximum atomic E-state index is 12.5. The van der Waals surface area contributed by atoms with Crippen molar-refractivity contribution in [1.82, 2.24) is 9.62 Å². The van der Waals surface area contributed by atoms with E-state index < -0.39 is 33.9 Å². The number of anilines is 1. The number of likely N-dealkylation sites (tertiary alicyclic amines) is 1. The van der Waals surface area contributed by atoms with Crippen LogP contribution in [0.15, 0.2) is 29.2 Å². The van der Waals surface area contributed by atoms with Crippen LogP contribution >= 0.6 is 0 Å². The highest BCUT2D eigenvalue weighted by molar-refractivity contribution is 7.89. The molecule has 1 fully saturated rings. The van der Waals surface area contributed by atoms with Crippen LogP contribution in [0.1, 0.15) is 26.7 Å². The molecule has 2 amide bonds. The normalized spacial score (nSPS) is 18.6. The first kappa shape index (κ1) is 20.8. The van der Waals surface area contributed by atoms with E-state index in [1.54, 1.807) is 0 Å². The van der Waals surface area contributed by atoms with Crippen molar-refractivity contribution in [2.75, 3.05) is 18.4 Å². The van der Waals surface area contributed by atoms with Gasteiger partial charge in [-0.3, -0.25) is 14.4 Å². The summed E-state index contributed by atoms with van der Waals surface area (Å²) in [5, 5.41) is 11.6. The Bertz CT molecular complexity index is 822. The highest BCUT2D eigenvalue weighted by Gasteiger charge is 2.31. The van der Waals surface area contributed by atoms with Crippen molar-refractivity contribution < 1.29 is 27.9 Å². The van der Waals surface area contributed by atoms with E-state index in [1.807, 2.05) is 0 Å². The van der Waals surface area contributed by atoms with Gasteiger partial charge in [0.25, 0.3) is 0 Å². The van der Waals surface area contributed by atoms with E-state index in [-0.39, 0.29) is 17.3 Å². The van der Waals surface area contributed by atoms with E-state index in [2.05, 4.69) is 10.0 Å². The van der Waals surface area contributed by atoms with Gasteiger partial charge in [-0.25, -0.2) is 8.42 Å². The summed E-state index contributed by atoms with van der Waals surface area (Å²) in [4.78, 5) is 36.0. The van der Waals surface area contributed by atoms with Gasteiger partial charge in [-0.1, -0.05) is 0 Å². The van der Waals surface area contributed by atoms with Gasteiger partial charge in [-0.15, -0.1) is 0 Å². The molecule has 2 unspecified atom stereocenters. The second-order valence-electron chi connectivity index (χ2n) is 6.51. The summed E-state index contributed by atoms with van der Waals surface area (Å²) in [5.41, 5.74) is 0.457. The molecule has 1 aliphatic rings. The van der Waals surface area contributed by atoms with E-state index in [1.165, 1.54) is 43.0 Å². The minimum Gasteiger partial charge on any atom is -0.481 e. The molecule has 0 saturated carbocycles. The lowest BCUT2D eigenvalue weighted by molar-refractivity contribution is -0.146. The van der Waals surface area contributed by atoms with Gasteiger partial charge in [0.1, 0.15) is 0 Å². The van der Waals surface area contributed by atoms with Crippen molar-refractivity contribution in [1.29, 1.82) is 0 Å². The fourth-order valence-corrected chi connectivity index (χ4v) is 4.12. The van der Waals surface area contributed by atoms with Gasteiger partial charge in [0, 0.05) is 25.7 Å². The lowest BCUT2D eigenvalue weighted by atomic mass is 9.98. The van der Waals surface area contributed by atoms with Gasteiger partial charge in [-0.05, 0) is 44.0 Å². The maximum absolute atomic E-state index is 12.5. The summed E-state index contributed by atoms with van der Waals surface area (Å²) in [5.74, 6) is -2.32. The van der Waals surface area contributed by atoms with Crippen LogP contribution in [0, 0.1) is 5.92 Å². The predicted octanol–water partition coefficient (Wildman–Crippen LogP) is 0.635. The molecular formula is C17H23N3O6S. The fraction of sp³-hybridized carbons (Fsp3) is 0.471. The van der Waals surface area contributed by atoms with Crippen molar-refractivity contribution in [3.05, 3.63) is 24.3 Å². The highest BCUT2D eigenvalue weighted by Crippen LogP contribution is 2.18. The second kappa shape index (κ2) is 8.49. The number of carbonyl (C=O) groups is 3. The van der Waals surface area contributed by atoms with E-state index in [4.69, 9.17) is 5.11 Å². The van der Waals surface area contributed by atoms with Crippen LogP contribution in [-0.2, 0) is 24.4 Å². The monoisotopic (exact) mass is 397 g/mol. The Labute approximate surface area is 157 Å². The summed E-state index contributed by atoms with van der Waals surface area (Å²) in [6.45, 7) is 3.25. The molecule has 2 rings (SSSR count). The number of benzene rings is 1. The zero-order chi connectivity index (χ0) is 20.2. The third-order valence-corrected chi connectivity index (χ3v) is 5.83. The fourth-order valence-electron chi connectivity index (χ4n) is 2.92. The van der Waals surface area contributed by atoms with Crippen LogP contribution in [0.3, 0.4) is 0 Å². The molecule has 0 aromatic heterocycles. The van der Waals surface area contributed by atoms with E-state index >= 15 is 0 Å². The molecule has 27 heavy (non-hydrogen) atoms. The molecule has 2 atom stereocenters. The van der Waals surface area contributed by atoms with Gasteiger partial charge in [0.05, 0.1) is 16.9 Å². The molecule has 1 heterocycles. The molecule has 1 aromatic rings. The predicted molar refractivity (Wildman–Crippen MR) is 97.5 cm³/mol. The number of carboxylic acid groups (broad SMARTS) is 1. The maximum Gasteiger partial charge on any atom is 0.308 e. The minimum atomic E-state index is -3.94. The van der Waals surface area contributed by atoms with Crippen molar-refractivity contribution in [2.45, 2.75) is 37.6 Å². The smallest absolute Gasteiger partial charge is 0.308 e. The van der Waals surface area contributed by atoms with Crippen LogP contribution in [0.2, 0.25) is 0 Å².